The summed E-state index contributed by atoms with van der Waals surface area (Å²) in [4.78, 5) is 21.0. The van der Waals surface area contributed by atoms with Crippen LogP contribution >= 0.6 is 0 Å². The number of carbonyl (C=O) groups excluding carboxylic acids is 1. The number of rotatable bonds is 4. The van der Waals surface area contributed by atoms with Gasteiger partial charge in [-0.25, -0.2) is 0 Å². The quantitative estimate of drug-likeness (QED) is 0.611. The van der Waals surface area contributed by atoms with Crippen LogP contribution in [0.2, 0.25) is 0 Å². The fourth-order valence-electron chi connectivity index (χ4n) is 3.93. The molecule has 8 heteroatoms. The summed E-state index contributed by atoms with van der Waals surface area (Å²) < 4.78 is 7.47. The molecule has 0 aliphatic carbocycles. The molecule has 3 heterocycles. The molecule has 2 aliphatic rings. The number of carbonyl (C=O) groups is 1. The summed E-state index contributed by atoms with van der Waals surface area (Å²) in [7, 11) is 3.79. The van der Waals surface area contributed by atoms with Gasteiger partial charge in [0, 0.05) is 59.1 Å². The van der Waals surface area contributed by atoms with Crippen LogP contribution in [0.4, 0.5) is 0 Å². The summed E-state index contributed by atoms with van der Waals surface area (Å²) in [5.41, 5.74) is 3.60. The lowest BCUT2D eigenvalue weighted by atomic mass is 10.1. The van der Waals surface area contributed by atoms with Gasteiger partial charge in [0.15, 0.2) is 5.96 Å². The summed E-state index contributed by atoms with van der Waals surface area (Å²) in [6.07, 6.45) is 2.54. The largest absolute Gasteiger partial charge is 0.368 e. The third-order valence-corrected chi connectivity index (χ3v) is 5.62. The predicted octanol–water partition coefficient (Wildman–Crippen LogP) is 0.478. The van der Waals surface area contributed by atoms with Crippen molar-refractivity contribution in [2.75, 3.05) is 46.4 Å². The van der Waals surface area contributed by atoms with Crippen LogP contribution in [0.1, 0.15) is 29.8 Å². The first kappa shape index (κ1) is 19.7. The van der Waals surface area contributed by atoms with Crippen LogP contribution in [-0.4, -0.2) is 83.9 Å². The van der Waals surface area contributed by atoms with Crippen LogP contribution in [0.3, 0.4) is 0 Å². The van der Waals surface area contributed by atoms with E-state index in [1.807, 2.05) is 23.7 Å². The number of aliphatic imine (C=N–C) groups is 1. The smallest absolute Gasteiger partial charge is 0.251 e. The van der Waals surface area contributed by atoms with E-state index in [1.54, 1.807) is 0 Å². The van der Waals surface area contributed by atoms with Gasteiger partial charge in [0.05, 0.1) is 5.69 Å². The molecule has 0 radical (unpaired) electrons. The molecule has 1 aromatic rings. The molecule has 27 heavy (non-hydrogen) atoms. The lowest BCUT2D eigenvalue weighted by Crippen LogP contribution is -2.55. The Balaban J connectivity index is 1.47. The molecule has 3 rings (SSSR count). The maximum absolute atomic E-state index is 12.5. The van der Waals surface area contributed by atoms with Crippen LogP contribution in [0.25, 0.3) is 0 Å². The predicted molar refractivity (Wildman–Crippen MR) is 105 cm³/mol. The highest BCUT2D eigenvalue weighted by molar-refractivity contribution is 5.82. The summed E-state index contributed by atoms with van der Waals surface area (Å²) in [5.74, 6) is 1.05. The second kappa shape index (κ2) is 8.73. The fourth-order valence-corrected chi connectivity index (χ4v) is 3.93. The van der Waals surface area contributed by atoms with E-state index in [9.17, 15) is 4.79 Å². The highest BCUT2D eigenvalue weighted by Gasteiger charge is 2.30. The molecule has 1 N–H and O–H groups in total. The highest BCUT2D eigenvalue weighted by atomic mass is 16.5. The Bertz CT molecular complexity index is 685. The first-order valence-electron chi connectivity index (χ1n) is 9.86. The number of hydrogen-bond acceptors (Lipinski definition) is 4. The Morgan fingerprint density at radius 1 is 1.26 bits per heavy atom. The second-order valence-electron chi connectivity index (χ2n) is 7.31. The van der Waals surface area contributed by atoms with E-state index in [0.29, 0.717) is 6.61 Å². The second-order valence-corrected chi connectivity index (χ2v) is 7.31. The molecule has 2 fully saturated rings. The molecular weight excluding hydrogens is 344 g/mol. The van der Waals surface area contributed by atoms with Gasteiger partial charge in [-0.1, -0.05) is 0 Å². The van der Waals surface area contributed by atoms with Gasteiger partial charge < -0.3 is 19.9 Å². The minimum absolute atomic E-state index is 0.151. The Labute approximate surface area is 161 Å². The molecule has 8 nitrogen and oxygen atoms in total. The molecule has 2 saturated heterocycles. The van der Waals surface area contributed by atoms with Crippen molar-refractivity contribution in [3.63, 3.8) is 0 Å². The van der Waals surface area contributed by atoms with Crippen LogP contribution in [0.5, 0.6) is 0 Å². The minimum Gasteiger partial charge on any atom is -0.368 e. The van der Waals surface area contributed by atoms with E-state index in [2.05, 4.69) is 34.2 Å². The van der Waals surface area contributed by atoms with Crippen molar-refractivity contribution in [3.05, 3.63) is 17.0 Å². The number of piperazine rings is 1. The van der Waals surface area contributed by atoms with Gasteiger partial charge in [-0.3, -0.25) is 14.5 Å². The monoisotopic (exact) mass is 376 g/mol. The van der Waals surface area contributed by atoms with Crippen molar-refractivity contribution in [3.8, 4) is 0 Å². The van der Waals surface area contributed by atoms with Gasteiger partial charge in [0.25, 0.3) is 5.91 Å². The molecule has 1 aromatic heterocycles. The summed E-state index contributed by atoms with van der Waals surface area (Å²) in [6, 6.07) is 0. The van der Waals surface area contributed by atoms with Crippen molar-refractivity contribution in [2.24, 2.45) is 12.0 Å². The Morgan fingerprint density at radius 2 is 1.96 bits per heavy atom. The van der Waals surface area contributed by atoms with Crippen molar-refractivity contribution in [2.45, 2.75) is 39.2 Å². The van der Waals surface area contributed by atoms with Crippen LogP contribution < -0.4 is 5.32 Å². The fraction of sp³-hybridized carbons (Fsp3) is 0.737. The molecule has 1 amide bonds. The lowest BCUT2D eigenvalue weighted by Gasteiger charge is -2.37. The van der Waals surface area contributed by atoms with Crippen molar-refractivity contribution < 1.29 is 9.53 Å². The number of amides is 1. The van der Waals surface area contributed by atoms with E-state index >= 15 is 0 Å². The number of nitrogens with zero attached hydrogens (tertiary/aromatic N) is 5. The summed E-state index contributed by atoms with van der Waals surface area (Å²) >= 11 is 0. The standard InChI is InChI=1S/C19H32N6O2/c1-14-16(15(2)23(4)22-14)7-8-21-19(20-3)25-11-9-24(10-12-25)18(26)17-6-5-13-27-17/h17H,5-13H2,1-4H3,(H,20,21). The van der Waals surface area contributed by atoms with Crippen LogP contribution in [-0.2, 0) is 23.0 Å². The Hall–Kier alpha value is -2.09. The molecule has 2 aliphatic heterocycles. The third kappa shape index (κ3) is 4.43. The first-order chi connectivity index (χ1) is 13.0. The number of aryl methyl sites for hydroxylation is 2. The maximum atomic E-state index is 12.5. The van der Waals surface area contributed by atoms with E-state index in [-0.39, 0.29) is 12.0 Å². The van der Waals surface area contributed by atoms with Crippen LogP contribution in [0, 0.1) is 13.8 Å². The van der Waals surface area contributed by atoms with E-state index in [4.69, 9.17) is 4.74 Å². The normalized spacial score (nSPS) is 21.0. The van der Waals surface area contributed by atoms with Gasteiger partial charge in [-0.15, -0.1) is 0 Å². The van der Waals surface area contributed by atoms with Gasteiger partial charge in [0.2, 0.25) is 0 Å². The number of ether oxygens (including phenoxy) is 1. The molecule has 150 valence electrons. The lowest BCUT2D eigenvalue weighted by molar-refractivity contribution is -0.142. The highest BCUT2D eigenvalue weighted by Crippen LogP contribution is 2.16. The molecule has 1 atom stereocenters. The molecule has 0 saturated carbocycles. The van der Waals surface area contributed by atoms with E-state index in [1.165, 1.54) is 11.3 Å². The topological polar surface area (TPSA) is 75.0 Å². The average molecular weight is 377 g/mol. The SMILES string of the molecule is CN=C(NCCc1c(C)nn(C)c1C)N1CCN(C(=O)C2CCCO2)CC1. The molecule has 0 bridgehead atoms. The van der Waals surface area contributed by atoms with Gasteiger partial charge in [0.1, 0.15) is 6.10 Å². The third-order valence-electron chi connectivity index (χ3n) is 5.62. The van der Waals surface area contributed by atoms with Crippen molar-refractivity contribution in [1.29, 1.82) is 0 Å². The Morgan fingerprint density at radius 3 is 2.52 bits per heavy atom. The first-order valence-corrected chi connectivity index (χ1v) is 9.86. The van der Waals surface area contributed by atoms with E-state index < -0.39 is 0 Å². The molecule has 1 unspecified atom stereocenters. The molecular formula is C19H32N6O2. The number of guanidine groups is 1. The summed E-state index contributed by atoms with van der Waals surface area (Å²) in [5, 5.41) is 7.94. The molecule has 0 aromatic carbocycles. The van der Waals surface area contributed by atoms with Gasteiger partial charge in [-0.05, 0) is 38.7 Å². The number of hydrogen-bond donors (Lipinski definition) is 1. The zero-order valence-corrected chi connectivity index (χ0v) is 17.0. The van der Waals surface area contributed by atoms with Gasteiger partial charge in [-0.2, -0.15) is 5.10 Å². The molecule has 0 spiro atoms. The maximum Gasteiger partial charge on any atom is 0.251 e. The van der Waals surface area contributed by atoms with Crippen LogP contribution in [0.15, 0.2) is 4.99 Å². The zero-order chi connectivity index (χ0) is 19.4. The number of aromatic nitrogens is 2. The van der Waals surface area contributed by atoms with Crippen molar-refractivity contribution >= 4 is 11.9 Å². The average Bonchev–Trinajstić information content (AvgIpc) is 3.29. The van der Waals surface area contributed by atoms with Crippen molar-refractivity contribution in [1.82, 2.24) is 24.9 Å². The summed E-state index contributed by atoms with van der Waals surface area (Å²) in [6.45, 7) is 8.72. The number of nitrogens with one attached hydrogen (secondary N) is 1. The zero-order valence-electron chi connectivity index (χ0n) is 17.0. The minimum atomic E-state index is -0.222. The van der Waals surface area contributed by atoms with Gasteiger partial charge >= 0.3 is 0 Å². The van der Waals surface area contributed by atoms with E-state index in [0.717, 1.165) is 63.6 Å². The Kier molecular flexibility index (Phi) is 6.36.